The van der Waals surface area contributed by atoms with Crippen LogP contribution in [0.15, 0.2) is 209 Å². The van der Waals surface area contributed by atoms with E-state index >= 15 is 0 Å². The van der Waals surface area contributed by atoms with Crippen LogP contribution in [0, 0.1) is 0 Å². The van der Waals surface area contributed by atoms with E-state index in [0.29, 0.717) is 0 Å². The number of hydrogen-bond acceptors (Lipinski definition) is 4. The Morgan fingerprint density at radius 2 is 0.828 bits per heavy atom. The third-order valence-electron chi connectivity index (χ3n) is 11.9. The molecule has 10 aromatic rings. The number of rotatable bonds is 6. The van der Waals surface area contributed by atoms with E-state index < -0.39 is 0 Å². The van der Waals surface area contributed by atoms with Gasteiger partial charge in [0, 0.05) is 66.8 Å². The Kier molecular flexibility index (Phi) is 7.32. The van der Waals surface area contributed by atoms with Crippen molar-refractivity contribution in [2.75, 3.05) is 4.90 Å². The summed E-state index contributed by atoms with van der Waals surface area (Å²) in [6.45, 7) is 0. The molecule has 274 valence electrons. The number of ether oxygens (including phenoxy) is 1. The summed E-state index contributed by atoms with van der Waals surface area (Å²) in [6.07, 6.45) is 8.63. The predicted octanol–water partition coefficient (Wildman–Crippen LogP) is 14.9. The number of allylic oxidation sites excluding steroid dienone is 2. The summed E-state index contributed by atoms with van der Waals surface area (Å²) in [5, 5.41) is 4.51. The number of anilines is 3. The molecule has 2 atom stereocenters. The average Bonchev–Trinajstić information content (AvgIpc) is 3.99. The van der Waals surface area contributed by atoms with E-state index in [9.17, 15) is 0 Å². The molecule has 8 aromatic carbocycles. The normalized spacial score (nSPS) is 15.6. The molecular formula is C54H35NO3. The molecule has 0 amide bonds. The van der Waals surface area contributed by atoms with E-state index in [0.717, 1.165) is 100 Å². The fourth-order valence-electron chi connectivity index (χ4n) is 9.06. The van der Waals surface area contributed by atoms with Gasteiger partial charge in [0.25, 0.3) is 0 Å². The van der Waals surface area contributed by atoms with Crippen molar-refractivity contribution in [2.24, 2.45) is 0 Å². The van der Waals surface area contributed by atoms with Gasteiger partial charge in [-0.05, 0) is 71.3 Å². The van der Waals surface area contributed by atoms with E-state index in [4.69, 9.17) is 13.6 Å². The highest BCUT2D eigenvalue weighted by molar-refractivity contribution is 6.10. The molecule has 2 unspecified atom stereocenters. The van der Waals surface area contributed by atoms with Gasteiger partial charge in [-0.25, -0.2) is 0 Å². The van der Waals surface area contributed by atoms with Gasteiger partial charge in [0.1, 0.15) is 34.2 Å². The van der Waals surface area contributed by atoms with E-state index in [2.05, 4.69) is 181 Å². The van der Waals surface area contributed by atoms with Crippen LogP contribution in [0.2, 0.25) is 0 Å². The summed E-state index contributed by atoms with van der Waals surface area (Å²) in [6, 6.07) is 62.2. The van der Waals surface area contributed by atoms with Gasteiger partial charge in [0.2, 0.25) is 0 Å². The van der Waals surface area contributed by atoms with Crippen molar-refractivity contribution in [3.63, 3.8) is 0 Å². The Bertz CT molecular complexity index is 3100. The lowest BCUT2D eigenvalue weighted by Gasteiger charge is -2.26. The zero-order chi connectivity index (χ0) is 38.2. The highest BCUT2D eigenvalue weighted by Gasteiger charge is 2.33. The quantitative estimate of drug-likeness (QED) is 0.170. The highest BCUT2D eigenvalue weighted by atomic mass is 16.5. The molecule has 0 fully saturated rings. The number of fused-ring (bicyclic) bond motifs is 9. The number of hydrogen-bond donors (Lipinski definition) is 0. The van der Waals surface area contributed by atoms with Gasteiger partial charge >= 0.3 is 0 Å². The smallest absolute Gasteiger partial charge is 0.143 e. The molecule has 1 aliphatic carbocycles. The Morgan fingerprint density at radius 1 is 0.379 bits per heavy atom. The van der Waals surface area contributed by atoms with Crippen LogP contribution in [-0.2, 0) is 0 Å². The van der Waals surface area contributed by atoms with Crippen molar-refractivity contribution in [1.82, 2.24) is 0 Å². The van der Waals surface area contributed by atoms with Gasteiger partial charge in [-0.2, -0.15) is 0 Å². The van der Waals surface area contributed by atoms with Crippen LogP contribution in [0.4, 0.5) is 17.1 Å². The molecule has 58 heavy (non-hydrogen) atoms. The van der Waals surface area contributed by atoms with E-state index in [1.807, 2.05) is 24.3 Å². The fraction of sp³-hybridized carbons (Fsp3) is 0.0370. The molecule has 0 saturated heterocycles. The van der Waals surface area contributed by atoms with Crippen molar-refractivity contribution in [1.29, 1.82) is 0 Å². The summed E-state index contributed by atoms with van der Waals surface area (Å²) in [4.78, 5) is 2.32. The molecule has 0 saturated carbocycles. The molecule has 0 N–H and O–H groups in total. The summed E-state index contributed by atoms with van der Waals surface area (Å²) < 4.78 is 19.4. The maximum Gasteiger partial charge on any atom is 0.143 e. The average molecular weight is 746 g/mol. The van der Waals surface area contributed by atoms with Gasteiger partial charge in [-0.1, -0.05) is 146 Å². The molecule has 12 rings (SSSR count). The topological polar surface area (TPSA) is 38.8 Å². The fourth-order valence-corrected chi connectivity index (χ4v) is 9.06. The van der Waals surface area contributed by atoms with E-state index in [1.165, 1.54) is 5.56 Å². The molecule has 0 bridgehead atoms. The van der Waals surface area contributed by atoms with Crippen LogP contribution in [-0.4, -0.2) is 6.10 Å². The lowest BCUT2D eigenvalue weighted by molar-refractivity contribution is 0.270. The van der Waals surface area contributed by atoms with Crippen molar-refractivity contribution >= 4 is 60.9 Å². The minimum absolute atomic E-state index is 0.0412. The zero-order valence-corrected chi connectivity index (χ0v) is 31.4. The second-order valence-corrected chi connectivity index (χ2v) is 15.1. The van der Waals surface area contributed by atoms with Gasteiger partial charge in [-0.15, -0.1) is 0 Å². The van der Waals surface area contributed by atoms with E-state index in [1.54, 1.807) is 0 Å². The van der Waals surface area contributed by atoms with Crippen molar-refractivity contribution in [3.8, 4) is 39.1 Å². The van der Waals surface area contributed by atoms with E-state index in [-0.39, 0.29) is 12.0 Å². The van der Waals surface area contributed by atoms with Gasteiger partial charge < -0.3 is 18.5 Å². The highest BCUT2D eigenvalue weighted by Crippen LogP contribution is 2.47. The van der Waals surface area contributed by atoms with Crippen molar-refractivity contribution < 1.29 is 13.6 Å². The maximum atomic E-state index is 6.53. The number of furan rings is 2. The van der Waals surface area contributed by atoms with Crippen LogP contribution in [0.25, 0.3) is 77.3 Å². The third-order valence-corrected chi connectivity index (χ3v) is 11.9. The SMILES string of the molecule is C1=CC2Oc3c(-c4ccc(N(c5ccc(-c6cccc7c6oc6ccccc67)cc5)c5ccc(-c6cccc7c6oc6ccccc67)cc5)cc4)cccc3C2C=C1. The molecule has 4 heteroatoms. The summed E-state index contributed by atoms with van der Waals surface area (Å²) in [7, 11) is 0. The monoisotopic (exact) mass is 745 g/mol. The van der Waals surface area contributed by atoms with Crippen LogP contribution >= 0.6 is 0 Å². The van der Waals surface area contributed by atoms with Crippen molar-refractivity contribution in [2.45, 2.75) is 12.0 Å². The minimum atomic E-state index is 0.0412. The standard InChI is InChI=1S/C54H35NO3/c1-4-19-49-43(10-1)46-16-7-13-40(52(46)56-49)34-22-28-37(29-23-34)55(38-30-24-35(25-31-38)41-14-8-17-47-44-11-2-5-20-50(44)57-53(41)47)39-32-26-36(27-33-39)42-15-9-18-48-45-12-3-6-21-51(45)58-54(42)48/h1-33,43,49H. The van der Waals surface area contributed by atoms with Crippen LogP contribution in [0.1, 0.15) is 11.5 Å². The van der Waals surface area contributed by atoms with Gasteiger partial charge in [0.05, 0.1) is 0 Å². The maximum absolute atomic E-state index is 6.53. The predicted molar refractivity (Wildman–Crippen MR) is 237 cm³/mol. The van der Waals surface area contributed by atoms with Crippen molar-refractivity contribution in [3.05, 3.63) is 206 Å². The molecule has 4 nitrogen and oxygen atoms in total. The lowest BCUT2D eigenvalue weighted by Crippen LogP contribution is -2.15. The second-order valence-electron chi connectivity index (χ2n) is 15.1. The zero-order valence-electron chi connectivity index (χ0n) is 31.4. The number of nitrogens with zero attached hydrogens (tertiary/aromatic N) is 1. The molecular weight excluding hydrogens is 711 g/mol. The van der Waals surface area contributed by atoms with Crippen LogP contribution < -0.4 is 9.64 Å². The Hall–Kier alpha value is -7.56. The molecule has 3 heterocycles. The molecule has 2 aliphatic rings. The van der Waals surface area contributed by atoms with Crippen LogP contribution in [0.5, 0.6) is 5.75 Å². The van der Waals surface area contributed by atoms with Gasteiger partial charge in [0.15, 0.2) is 0 Å². The largest absolute Gasteiger partial charge is 0.484 e. The first-order valence-corrected chi connectivity index (χ1v) is 19.8. The molecule has 0 radical (unpaired) electrons. The number of para-hydroxylation sites is 5. The Balaban J connectivity index is 0.942. The first-order valence-electron chi connectivity index (χ1n) is 19.8. The second kappa shape index (κ2) is 13.0. The summed E-state index contributed by atoms with van der Waals surface area (Å²) >= 11 is 0. The Morgan fingerprint density at radius 3 is 1.38 bits per heavy atom. The first-order chi connectivity index (χ1) is 28.7. The van der Waals surface area contributed by atoms with Gasteiger partial charge in [-0.3, -0.25) is 0 Å². The molecule has 0 spiro atoms. The minimum Gasteiger partial charge on any atom is -0.484 e. The first kappa shape index (κ1) is 32.7. The Labute approximate surface area is 335 Å². The summed E-state index contributed by atoms with van der Waals surface area (Å²) in [5.74, 6) is 1.22. The molecule has 2 aromatic heterocycles. The lowest BCUT2D eigenvalue weighted by atomic mass is 9.90. The number of benzene rings is 8. The molecule has 1 aliphatic heterocycles. The van der Waals surface area contributed by atoms with Crippen LogP contribution in [0.3, 0.4) is 0 Å². The third kappa shape index (κ3) is 5.15. The summed E-state index contributed by atoms with van der Waals surface area (Å²) in [5.41, 5.74) is 14.6.